The molecule has 1 N–H and O–H groups in total. The van der Waals surface area contributed by atoms with E-state index >= 15 is 0 Å². The van der Waals surface area contributed by atoms with Crippen molar-refractivity contribution in [2.75, 3.05) is 5.32 Å². The molecule has 2 rings (SSSR count). The molecule has 7 heteroatoms. The third kappa shape index (κ3) is 3.88. The first kappa shape index (κ1) is 15.6. The third-order valence-electron chi connectivity index (χ3n) is 2.27. The molecule has 0 aromatic heterocycles. The Hall–Kier alpha value is -0.750. The molecule has 0 aliphatic carbocycles. The Morgan fingerprint density at radius 3 is 2.45 bits per heavy atom. The number of halogens is 4. The number of anilines is 1. The summed E-state index contributed by atoms with van der Waals surface area (Å²) in [6.07, 6.45) is -0.678. The quantitative estimate of drug-likeness (QED) is 0.611. The second kappa shape index (κ2) is 6.80. The van der Waals surface area contributed by atoms with Crippen LogP contribution >= 0.6 is 55.1 Å². The lowest BCUT2D eigenvalue weighted by Crippen LogP contribution is -2.17. The minimum Gasteiger partial charge on any atom is -0.407 e. The first-order chi connectivity index (χ1) is 9.47. The van der Waals surface area contributed by atoms with Crippen LogP contribution in [0.4, 0.5) is 10.5 Å². The van der Waals surface area contributed by atoms with E-state index in [9.17, 15) is 4.79 Å². The summed E-state index contributed by atoms with van der Waals surface area (Å²) in [6.45, 7) is 0. The summed E-state index contributed by atoms with van der Waals surface area (Å²) in [7, 11) is 0. The zero-order chi connectivity index (χ0) is 14.7. The van der Waals surface area contributed by atoms with Gasteiger partial charge in [-0.2, -0.15) is 0 Å². The van der Waals surface area contributed by atoms with Crippen LogP contribution in [0.25, 0.3) is 0 Å². The van der Waals surface area contributed by atoms with Crippen LogP contribution in [-0.2, 0) is 0 Å². The molecule has 0 saturated heterocycles. The Labute approximate surface area is 142 Å². The Morgan fingerprint density at radius 2 is 1.80 bits per heavy atom. The van der Waals surface area contributed by atoms with Crippen molar-refractivity contribution in [1.29, 1.82) is 0 Å². The second-order valence-corrected chi connectivity index (χ2v) is 6.28. The number of carbonyl (C=O) groups is 1. The summed E-state index contributed by atoms with van der Waals surface area (Å²) in [5.41, 5.74) is 0.462. The number of carbonyl (C=O) groups excluding carboxylic acids is 1. The van der Waals surface area contributed by atoms with Gasteiger partial charge < -0.3 is 4.74 Å². The van der Waals surface area contributed by atoms with Crippen LogP contribution in [-0.4, -0.2) is 6.09 Å². The summed E-state index contributed by atoms with van der Waals surface area (Å²) in [4.78, 5) is 11.8. The van der Waals surface area contributed by atoms with Gasteiger partial charge in [-0.25, -0.2) is 4.79 Å². The van der Waals surface area contributed by atoms with Gasteiger partial charge in [0, 0.05) is 4.47 Å². The Bertz CT molecular complexity index is 642. The van der Waals surface area contributed by atoms with Crippen molar-refractivity contribution in [3.05, 3.63) is 55.4 Å². The van der Waals surface area contributed by atoms with E-state index in [4.69, 9.17) is 27.9 Å². The predicted octanol–water partition coefficient (Wildman–Crippen LogP) is 6.13. The van der Waals surface area contributed by atoms with Crippen molar-refractivity contribution in [2.45, 2.75) is 0 Å². The molecule has 0 atom stereocenters. The Morgan fingerprint density at radius 1 is 1.10 bits per heavy atom. The minimum atomic E-state index is -0.678. The minimum absolute atomic E-state index is 0.236. The zero-order valence-electron chi connectivity index (χ0n) is 9.79. The molecule has 0 aliphatic rings. The number of benzene rings is 2. The van der Waals surface area contributed by atoms with Gasteiger partial charge in [-0.1, -0.05) is 51.3 Å². The molecule has 0 radical (unpaired) electrons. The fourth-order valence-corrected chi connectivity index (χ4v) is 3.41. The van der Waals surface area contributed by atoms with E-state index in [2.05, 4.69) is 37.2 Å². The Kier molecular flexibility index (Phi) is 5.32. The van der Waals surface area contributed by atoms with Gasteiger partial charge in [-0.05, 0) is 40.2 Å². The van der Waals surface area contributed by atoms with Gasteiger partial charge in [0.05, 0.1) is 20.2 Å². The van der Waals surface area contributed by atoms with Crippen LogP contribution in [0.5, 0.6) is 5.75 Å². The highest BCUT2D eigenvalue weighted by Crippen LogP contribution is 2.36. The van der Waals surface area contributed by atoms with Gasteiger partial charge in [0.15, 0.2) is 5.75 Å². The van der Waals surface area contributed by atoms with Gasteiger partial charge in [0.2, 0.25) is 0 Å². The summed E-state index contributed by atoms with van der Waals surface area (Å²) in [5.74, 6) is 0.236. The maximum absolute atomic E-state index is 11.8. The molecule has 20 heavy (non-hydrogen) atoms. The highest BCUT2D eigenvalue weighted by molar-refractivity contribution is 9.11. The SMILES string of the molecule is O=C(Nc1ccccc1Cl)Oc1c(Cl)cc(Br)cc1Br. The first-order valence-electron chi connectivity index (χ1n) is 5.35. The number of nitrogens with one attached hydrogen (secondary N) is 1. The molecule has 3 nitrogen and oxygen atoms in total. The number of ether oxygens (including phenoxy) is 1. The number of hydrogen-bond donors (Lipinski definition) is 1. The molecule has 2 aromatic carbocycles. The fourth-order valence-electron chi connectivity index (χ4n) is 1.42. The maximum Gasteiger partial charge on any atom is 0.417 e. The van der Waals surface area contributed by atoms with E-state index in [1.807, 2.05) is 0 Å². The second-order valence-electron chi connectivity index (χ2n) is 3.69. The van der Waals surface area contributed by atoms with Crippen LogP contribution in [0.3, 0.4) is 0 Å². The van der Waals surface area contributed by atoms with Crippen LogP contribution < -0.4 is 10.1 Å². The number of rotatable bonds is 2. The van der Waals surface area contributed by atoms with E-state index in [-0.39, 0.29) is 5.75 Å². The standard InChI is InChI=1S/C13H7Br2Cl2NO2/c14-7-5-8(15)12(10(17)6-7)20-13(19)18-11-4-2-1-3-9(11)16/h1-6H,(H,18,19). The number of amides is 1. The average Bonchev–Trinajstić information content (AvgIpc) is 2.36. The van der Waals surface area contributed by atoms with Gasteiger partial charge in [0.25, 0.3) is 0 Å². The van der Waals surface area contributed by atoms with Crippen molar-refractivity contribution in [3.63, 3.8) is 0 Å². The largest absolute Gasteiger partial charge is 0.417 e. The lowest BCUT2D eigenvalue weighted by molar-refractivity contribution is 0.215. The van der Waals surface area contributed by atoms with Crippen LogP contribution in [0.1, 0.15) is 0 Å². The summed E-state index contributed by atoms with van der Waals surface area (Å²) < 4.78 is 6.51. The normalized spacial score (nSPS) is 10.2. The molecule has 0 bridgehead atoms. The highest BCUT2D eigenvalue weighted by Gasteiger charge is 2.14. The molecule has 0 heterocycles. The lowest BCUT2D eigenvalue weighted by Gasteiger charge is -2.10. The van der Waals surface area contributed by atoms with Crippen molar-refractivity contribution in [3.8, 4) is 5.75 Å². The molecule has 0 aliphatic heterocycles. The molecule has 0 saturated carbocycles. The summed E-state index contributed by atoms with van der Waals surface area (Å²) in [6, 6.07) is 10.2. The van der Waals surface area contributed by atoms with Gasteiger partial charge in [-0.15, -0.1) is 0 Å². The van der Waals surface area contributed by atoms with E-state index in [0.29, 0.717) is 20.2 Å². The summed E-state index contributed by atoms with van der Waals surface area (Å²) in [5, 5.41) is 3.27. The van der Waals surface area contributed by atoms with Gasteiger partial charge >= 0.3 is 6.09 Å². The van der Waals surface area contributed by atoms with Gasteiger partial charge in [-0.3, -0.25) is 5.32 Å². The number of hydrogen-bond acceptors (Lipinski definition) is 2. The zero-order valence-corrected chi connectivity index (χ0v) is 14.5. The van der Waals surface area contributed by atoms with Crippen LogP contribution in [0.2, 0.25) is 10.0 Å². The average molecular weight is 440 g/mol. The summed E-state index contributed by atoms with van der Waals surface area (Å²) >= 11 is 18.5. The monoisotopic (exact) mass is 437 g/mol. The first-order valence-corrected chi connectivity index (χ1v) is 7.69. The van der Waals surface area contributed by atoms with E-state index in [1.54, 1.807) is 36.4 Å². The molecule has 0 unspecified atom stereocenters. The fraction of sp³-hybridized carbons (Fsp3) is 0. The lowest BCUT2D eigenvalue weighted by atomic mass is 10.3. The number of para-hydroxylation sites is 1. The molecule has 1 amide bonds. The van der Waals surface area contributed by atoms with Crippen molar-refractivity contribution in [1.82, 2.24) is 0 Å². The van der Waals surface area contributed by atoms with E-state index in [1.165, 1.54) is 0 Å². The van der Waals surface area contributed by atoms with E-state index in [0.717, 1.165) is 4.47 Å². The maximum atomic E-state index is 11.8. The Balaban J connectivity index is 2.15. The molecule has 0 fully saturated rings. The third-order valence-corrected chi connectivity index (χ3v) is 3.93. The topological polar surface area (TPSA) is 38.3 Å². The molecular formula is C13H7Br2Cl2NO2. The molecular weight excluding hydrogens is 433 g/mol. The van der Waals surface area contributed by atoms with E-state index < -0.39 is 6.09 Å². The highest BCUT2D eigenvalue weighted by atomic mass is 79.9. The smallest absolute Gasteiger partial charge is 0.407 e. The van der Waals surface area contributed by atoms with Crippen LogP contribution in [0.15, 0.2) is 45.3 Å². The van der Waals surface area contributed by atoms with Crippen molar-refractivity contribution in [2.24, 2.45) is 0 Å². The molecule has 0 spiro atoms. The predicted molar refractivity (Wildman–Crippen MR) is 88.0 cm³/mol. The molecule has 2 aromatic rings. The molecule has 104 valence electrons. The van der Waals surface area contributed by atoms with Gasteiger partial charge in [0.1, 0.15) is 0 Å². The van der Waals surface area contributed by atoms with Crippen LogP contribution in [0, 0.1) is 0 Å². The van der Waals surface area contributed by atoms with Crippen molar-refractivity contribution < 1.29 is 9.53 Å². The van der Waals surface area contributed by atoms with Crippen molar-refractivity contribution >= 4 is 66.8 Å².